The molecule has 0 bridgehead atoms. The van der Waals surface area contributed by atoms with Crippen molar-refractivity contribution in [1.82, 2.24) is 4.90 Å². The van der Waals surface area contributed by atoms with Crippen molar-refractivity contribution in [3.63, 3.8) is 0 Å². The number of hydrogen-bond donors (Lipinski definition) is 1. The Hall–Kier alpha value is -1.81. The normalized spacial score (nSPS) is 20.0. The third kappa shape index (κ3) is 3.64. The fourth-order valence-electron chi connectivity index (χ4n) is 2.80. The second kappa shape index (κ2) is 6.31. The molecule has 112 valence electrons. The molecule has 0 aromatic heterocycles. The number of aliphatic hydroxyl groups is 1. The van der Waals surface area contributed by atoms with Crippen molar-refractivity contribution in [2.24, 2.45) is 0 Å². The molecule has 1 saturated carbocycles. The van der Waals surface area contributed by atoms with Crippen molar-refractivity contribution in [3.8, 4) is 5.75 Å². The summed E-state index contributed by atoms with van der Waals surface area (Å²) >= 11 is 0. The summed E-state index contributed by atoms with van der Waals surface area (Å²) in [6, 6.07) is 7.83. The zero-order valence-corrected chi connectivity index (χ0v) is 12.1. The maximum absolute atomic E-state index is 11.8. The number of nitrogens with zero attached hydrogens (tertiary/aromatic N) is 1. The van der Waals surface area contributed by atoms with E-state index >= 15 is 0 Å². The molecular formula is C17H21NO3. The zero-order chi connectivity index (χ0) is 14.7. The number of benzene rings is 1. The molecule has 4 heteroatoms. The van der Waals surface area contributed by atoms with Gasteiger partial charge in [0.1, 0.15) is 5.75 Å². The lowest BCUT2D eigenvalue weighted by Crippen LogP contribution is -2.52. The number of rotatable bonds is 4. The van der Waals surface area contributed by atoms with Gasteiger partial charge in [-0.1, -0.05) is 12.1 Å². The monoisotopic (exact) mass is 287 g/mol. The second-order valence-corrected chi connectivity index (χ2v) is 5.83. The van der Waals surface area contributed by atoms with Crippen molar-refractivity contribution in [1.29, 1.82) is 0 Å². The van der Waals surface area contributed by atoms with Gasteiger partial charge in [-0.25, -0.2) is 0 Å². The van der Waals surface area contributed by atoms with E-state index in [9.17, 15) is 9.90 Å². The molecule has 1 aromatic carbocycles. The number of hydrogen-bond acceptors (Lipinski definition) is 3. The molecule has 0 radical (unpaired) electrons. The molecule has 1 aliphatic carbocycles. The largest absolute Gasteiger partial charge is 0.490 e. The van der Waals surface area contributed by atoms with Gasteiger partial charge in [0.25, 0.3) is 0 Å². The van der Waals surface area contributed by atoms with Gasteiger partial charge in [-0.2, -0.15) is 0 Å². The minimum atomic E-state index is -0.356. The van der Waals surface area contributed by atoms with Crippen molar-refractivity contribution >= 4 is 12.0 Å². The van der Waals surface area contributed by atoms with Crippen LogP contribution in [0.5, 0.6) is 5.75 Å². The van der Waals surface area contributed by atoms with E-state index in [1.165, 1.54) is 12.8 Å². The Morgan fingerprint density at radius 1 is 1.29 bits per heavy atom. The molecule has 0 spiro atoms. The van der Waals surface area contributed by atoms with Gasteiger partial charge >= 0.3 is 0 Å². The molecule has 1 aromatic rings. The standard InChI is InChI=1S/C17H21NO3/c19-14-11-18(12-14)17(20)9-8-13-4-3-7-16(10-13)21-15-5-1-2-6-15/h3-4,7-10,14-15,19H,1-2,5-6,11-12H2/b9-8+. The Balaban J connectivity index is 1.58. The highest BCUT2D eigenvalue weighted by Gasteiger charge is 2.27. The maximum atomic E-state index is 11.8. The van der Waals surface area contributed by atoms with E-state index in [2.05, 4.69) is 0 Å². The first-order chi connectivity index (χ1) is 10.2. The lowest BCUT2D eigenvalue weighted by atomic mass is 10.1. The molecule has 1 saturated heterocycles. The summed E-state index contributed by atoms with van der Waals surface area (Å²) < 4.78 is 5.95. The Morgan fingerprint density at radius 3 is 2.76 bits per heavy atom. The number of amides is 1. The minimum absolute atomic E-state index is 0.0533. The summed E-state index contributed by atoms with van der Waals surface area (Å²) in [6.45, 7) is 0.877. The quantitative estimate of drug-likeness (QED) is 0.864. The van der Waals surface area contributed by atoms with Gasteiger partial charge in [-0.05, 0) is 49.5 Å². The van der Waals surface area contributed by atoms with Gasteiger partial charge in [0.15, 0.2) is 0 Å². The molecule has 0 atom stereocenters. The summed E-state index contributed by atoms with van der Waals surface area (Å²) in [6.07, 6.45) is 8.11. The first kappa shape index (κ1) is 14.1. The highest BCUT2D eigenvalue weighted by atomic mass is 16.5. The van der Waals surface area contributed by atoms with Gasteiger partial charge in [-0.3, -0.25) is 4.79 Å². The Kier molecular flexibility index (Phi) is 4.25. The van der Waals surface area contributed by atoms with Crippen LogP contribution in [0.15, 0.2) is 30.3 Å². The molecular weight excluding hydrogens is 266 g/mol. The molecule has 4 nitrogen and oxygen atoms in total. The highest BCUT2D eigenvalue weighted by Crippen LogP contribution is 2.24. The van der Waals surface area contributed by atoms with Crippen LogP contribution in [0, 0.1) is 0 Å². The van der Waals surface area contributed by atoms with Crippen LogP contribution in [0.1, 0.15) is 31.2 Å². The van der Waals surface area contributed by atoms with Crippen LogP contribution in [-0.4, -0.2) is 41.2 Å². The summed E-state index contributed by atoms with van der Waals surface area (Å²) in [5, 5.41) is 9.19. The number of β-amino-alcohol motifs (C(OH)–C–C–N with tert-alkyl or cyclic N) is 1. The van der Waals surface area contributed by atoms with E-state index < -0.39 is 0 Å². The highest BCUT2D eigenvalue weighted by molar-refractivity contribution is 5.92. The summed E-state index contributed by atoms with van der Waals surface area (Å²) in [4.78, 5) is 13.4. The topological polar surface area (TPSA) is 49.8 Å². The first-order valence-electron chi connectivity index (χ1n) is 7.62. The number of likely N-dealkylation sites (tertiary alicyclic amines) is 1. The molecule has 21 heavy (non-hydrogen) atoms. The van der Waals surface area contributed by atoms with Crippen molar-refractivity contribution in [3.05, 3.63) is 35.9 Å². The van der Waals surface area contributed by atoms with Crippen molar-refractivity contribution in [2.75, 3.05) is 13.1 Å². The number of aliphatic hydroxyl groups excluding tert-OH is 1. The van der Waals surface area contributed by atoms with Crippen molar-refractivity contribution < 1.29 is 14.6 Å². The summed E-state index contributed by atoms with van der Waals surface area (Å²) in [5.74, 6) is 0.818. The Morgan fingerprint density at radius 2 is 2.05 bits per heavy atom. The second-order valence-electron chi connectivity index (χ2n) is 5.83. The smallest absolute Gasteiger partial charge is 0.246 e. The van der Waals surface area contributed by atoms with Crippen LogP contribution in [0.4, 0.5) is 0 Å². The van der Waals surface area contributed by atoms with E-state index in [1.54, 1.807) is 17.1 Å². The van der Waals surface area contributed by atoms with Gasteiger partial charge < -0.3 is 14.7 Å². The van der Waals surface area contributed by atoms with Crippen LogP contribution in [0.3, 0.4) is 0 Å². The molecule has 1 heterocycles. The predicted octanol–water partition coefficient (Wildman–Crippen LogP) is 2.22. The van der Waals surface area contributed by atoms with E-state index in [4.69, 9.17) is 4.74 Å². The number of carbonyl (C=O) groups is 1. The van der Waals surface area contributed by atoms with Crippen LogP contribution in [0.25, 0.3) is 6.08 Å². The number of ether oxygens (including phenoxy) is 1. The van der Waals surface area contributed by atoms with E-state index in [0.717, 1.165) is 24.2 Å². The average molecular weight is 287 g/mol. The predicted molar refractivity (Wildman–Crippen MR) is 80.9 cm³/mol. The molecule has 2 aliphatic rings. The molecule has 1 N–H and O–H groups in total. The summed E-state index contributed by atoms with van der Waals surface area (Å²) in [5.41, 5.74) is 0.958. The van der Waals surface area contributed by atoms with E-state index in [1.807, 2.05) is 24.3 Å². The van der Waals surface area contributed by atoms with E-state index in [-0.39, 0.29) is 12.0 Å². The third-order valence-electron chi connectivity index (χ3n) is 4.06. The minimum Gasteiger partial charge on any atom is -0.490 e. The zero-order valence-electron chi connectivity index (χ0n) is 12.1. The van der Waals surface area contributed by atoms with Crippen LogP contribution in [0.2, 0.25) is 0 Å². The van der Waals surface area contributed by atoms with Crippen LogP contribution in [-0.2, 0) is 4.79 Å². The Bertz CT molecular complexity index is 529. The molecule has 1 aliphatic heterocycles. The van der Waals surface area contributed by atoms with Gasteiger partial charge in [0.2, 0.25) is 5.91 Å². The number of carbonyl (C=O) groups excluding carboxylic acids is 1. The van der Waals surface area contributed by atoms with Gasteiger partial charge in [0, 0.05) is 19.2 Å². The molecule has 2 fully saturated rings. The maximum Gasteiger partial charge on any atom is 0.246 e. The van der Waals surface area contributed by atoms with Gasteiger partial charge in [-0.15, -0.1) is 0 Å². The SMILES string of the molecule is O=C(/C=C/c1cccc(OC2CCCC2)c1)N1CC(O)C1. The van der Waals surface area contributed by atoms with Crippen LogP contribution < -0.4 is 4.74 Å². The van der Waals surface area contributed by atoms with Gasteiger partial charge in [0.05, 0.1) is 12.2 Å². The molecule has 1 amide bonds. The lowest BCUT2D eigenvalue weighted by Gasteiger charge is -2.34. The van der Waals surface area contributed by atoms with Crippen molar-refractivity contribution in [2.45, 2.75) is 37.9 Å². The lowest BCUT2D eigenvalue weighted by molar-refractivity contribution is -0.135. The average Bonchev–Trinajstić information content (AvgIpc) is 2.95. The first-order valence-corrected chi connectivity index (χ1v) is 7.62. The third-order valence-corrected chi connectivity index (χ3v) is 4.06. The fraction of sp³-hybridized carbons (Fsp3) is 0.471. The molecule has 0 unspecified atom stereocenters. The van der Waals surface area contributed by atoms with Crippen LogP contribution >= 0.6 is 0 Å². The Labute approximate surface area is 125 Å². The molecule has 3 rings (SSSR count). The summed E-state index contributed by atoms with van der Waals surface area (Å²) in [7, 11) is 0. The van der Waals surface area contributed by atoms with E-state index in [0.29, 0.717) is 19.2 Å². The fourth-order valence-corrected chi connectivity index (χ4v) is 2.80.